The molecular weight excluding hydrogens is 301 g/mol. The van der Waals surface area contributed by atoms with Crippen molar-refractivity contribution in [3.63, 3.8) is 0 Å². The summed E-state index contributed by atoms with van der Waals surface area (Å²) in [5.41, 5.74) is 3.56. The monoisotopic (exact) mass is 321 g/mol. The van der Waals surface area contributed by atoms with E-state index >= 15 is 0 Å². The Morgan fingerprint density at radius 2 is 1.83 bits per heavy atom. The molecule has 0 aliphatic carbocycles. The molecule has 1 heterocycles. The van der Waals surface area contributed by atoms with Crippen molar-refractivity contribution < 1.29 is 10.0 Å². The molecule has 1 atom stereocenters. The number of aryl methyl sites for hydroxylation is 2. The Labute approximate surface area is 141 Å². The largest absolute Gasteiger partial charge is 0.488 e. The van der Waals surface area contributed by atoms with Gasteiger partial charge in [0.1, 0.15) is 11.6 Å². The van der Waals surface area contributed by atoms with Crippen molar-refractivity contribution in [1.29, 1.82) is 0 Å². The molecule has 122 valence electrons. The van der Waals surface area contributed by atoms with E-state index in [1.807, 2.05) is 13.0 Å². The molecule has 3 aromatic rings. The van der Waals surface area contributed by atoms with Gasteiger partial charge in [-0.05, 0) is 43.9 Å². The summed E-state index contributed by atoms with van der Waals surface area (Å²) in [5.74, 6) is 1.35. The van der Waals surface area contributed by atoms with E-state index in [0.717, 1.165) is 16.5 Å². The van der Waals surface area contributed by atoms with Gasteiger partial charge < -0.3 is 15.4 Å². The minimum absolute atomic E-state index is 0.0603. The van der Waals surface area contributed by atoms with Crippen molar-refractivity contribution in [2.24, 2.45) is 0 Å². The van der Waals surface area contributed by atoms with Crippen LogP contribution < -0.4 is 10.8 Å². The van der Waals surface area contributed by atoms with Gasteiger partial charge in [-0.25, -0.2) is 9.97 Å². The Hall–Kier alpha value is -2.44. The van der Waals surface area contributed by atoms with Crippen LogP contribution in [0.5, 0.6) is 0 Å². The van der Waals surface area contributed by atoms with E-state index < -0.39 is 7.12 Å². The van der Waals surface area contributed by atoms with Gasteiger partial charge in [0.15, 0.2) is 0 Å². The Balaban J connectivity index is 2.02. The number of hydrogen-bond donors (Lipinski definition) is 3. The summed E-state index contributed by atoms with van der Waals surface area (Å²) < 4.78 is 0. The maximum Gasteiger partial charge on any atom is 0.488 e. The minimum Gasteiger partial charge on any atom is -0.423 e. The minimum atomic E-state index is -1.52. The van der Waals surface area contributed by atoms with Crippen molar-refractivity contribution in [2.75, 3.05) is 5.32 Å². The van der Waals surface area contributed by atoms with Crippen LogP contribution in [0.4, 0.5) is 5.82 Å². The number of rotatable bonds is 4. The van der Waals surface area contributed by atoms with E-state index in [4.69, 9.17) is 0 Å². The van der Waals surface area contributed by atoms with Gasteiger partial charge >= 0.3 is 7.12 Å². The van der Waals surface area contributed by atoms with Crippen LogP contribution >= 0.6 is 0 Å². The molecule has 5 nitrogen and oxygen atoms in total. The maximum absolute atomic E-state index is 9.41. The SMILES string of the molecule is Cc1cccc([C@@H](C)Nc2nc(C)nc3ccc(B(O)O)cc23)c1. The molecule has 6 heteroatoms. The molecule has 0 fully saturated rings. The fourth-order valence-electron chi connectivity index (χ4n) is 2.76. The van der Waals surface area contributed by atoms with Crippen LogP contribution in [0, 0.1) is 13.8 Å². The van der Waals surface area contributed by atoms with Crippen LogP contribution in [-0.2, 0) is 0 Å². The Morgan fingerprint density at radius 3 is 2.54 bits per heavy atom. The van der Waals surface area contributed by atoms with Crippen molar-refractivity contribution in [1.82, 2.24) is 9.97 Å². The lowest BCUT2D eigenvalue weighted by atomic mass is 9.80. The quantitative estimate of drug-likeness (QED) is 0.642. The van der Waals surface area contributed by atoms with Crippen LogP contribution in [0.25, 0.3) is 10.9 Å². The van der Waals surface area contributed by atoms with Gasteiger partial charge in [0.05, 0.1) is 5.52 Å². The van der Waals surface area contributed by atoms with Gasteiger partial charge in [0.2, 0.25) is 0 Å². The molecule has 3 N–H and O–H groups in total. The number of fused-ring (bicyclic) bond motifs is 1. The van der Waals surface area contributed by atoms with E-state index in [9.17, 15) is 10.0 Å². The summed E-state index contributed by atoms with van der Waals surface area (Å²) in [6.45, 7) is 5.98. The molecule has 0 aliphatic heterocycles. The summed E-state index contributed by atoms with van der Waals surface area (Å²) in [7, 11) is -1.52. The van der Waals surface area contributed by atoms with Gasteiger partial charge in [0.25, 0.3) is 0 Å². The van der Waals surface area contributed by atoms with Crippen molar-refractivity contribution in [2.45, 2.75) is 26.8 Å². The van der Waals surface area contributed by atoms with Crippen LogP contribution in [0.3, 0.4) is 0 Å². The Bertz CT molecular complexity index is 883. The first-order chi connectivity index (χ1) is 11.4. The number of nitrogens with zero attached hydrogens (tertiary/aromatic N) is 2. The lowest BCUT2D eigenvalue weighted by Crippen LogP contribution is -2.29. The maximum atomic E-state index is 9.41. The molecule has 0 saturated carbocycles. The molecule has 0 unspecified atom stereocenters. The topological polar surface area (TPSA) is 78.3 Å². The van der Waals surface area contributed by atoms with Crippen LogP contribution in [0.1, 0.15) is 29.9 Å². The third-order valence-corrected chi connectivity index (χ3v) is 4.03. The highest BCUT2D eigenvalue weighted by Crippen LogP contribution is 2.24. The van der Waals surface area contributed by atoms with Gasteiger partial charge in [-0.2, -0.15) is 0 Å². The smallest absolute Gasteiger partial charge is 0.423 e. The van der Waals surface area contributed by atoms with E-state index in [1.54, 1.807) is 18.2 Å². The highest BCUT2D eigenvalue weighted by Gasteiger charge is 2.15. The zero-order valence-electron chi connectivity index (χ0n) is 14.0. The molecule has 0 saturated heterocycles. The highest BCUT2D eigenvalue weighted by molar-refractivity contribution is 6.59. The molecule has 0 spiro atoms. The Kier molecular flexibility index (Phi) is 4.51. The summed E-state index contributed by atoms with van der Waals surface area (Å²) in [5, 5.41) is 23.0. The number of hydrogen-bond acceptors (Lipinski definition) is 5. The summed E-state index contributed by atoms with van der Waals surface area (Å²) in [6.07, 6.45) is 0. The number of anilines is 1. The van der Waals surface area contributed by atoms with Gasteiger partial charge in [-0.1, -0.05) is 35.9 Å². The fourth-order valence-corrected chi connectivity index (χ4v) is 2.76. The predicted octanol–water partition coefficient (Wildman–Crippen LogP) is 2.10. The second-order valence-electron chi connectivity index (χ2n) is 6.05. The van der Waals surface area contributed by atoms with E-state index in [2.05, 4.69) is 47.3 Å². The third kappa shape index (κ3) is 3.40. The van der Waals surface area contributed by atoms with Gasteiger partial charge in [-0.3, -0.25) is 0 Å². The standard InChI is InChI=1S/C18H20BN3O2/c1-11-5-4-6-14(9-11)12(2)20-18-16-10-15(19(23)24)7-8-17(16)21-13(3)22-18/h4-10,12,23-24H,1-3H3,(H,20,21,22)/t12-/m1/s1. The van der Waals surface area contributed by atoms with Crippen LogP contribution in [-0.4, -0.2) is 27.1 Å². The second kappa shape index (κ2) is 6.59. The molecule has 2 aromatic carbocycles. The van der Waals surface area contributed by atoms with E-state index in [1.165, 1.54) is 5.56 Å². The molecule has 0 bridgehead atoms. The predicted molar refractivity (Wildman–Crippen MR) is 97.3 cm³/mol. The number of aromatic nitrogens is 2. The van der Waals surface area contributed by atoms with Gasteiger partial charge in [0, 0.05) is 11.4 Å². The molecular formula is C18H20BN3O2. The van der Waals surface area contributed by atoms with Crippen molar-refractivity contribution >= 4 is 29.3 Å². The first-order valence-corrected chi connectivity index (χ1v) is 7.91. The average molecular weight is 321 g/mol. The first kappa shape index (κ1) is 16.4. The molecule has 1 aromatic heterocycles. The summed E-state index contributed by atoms with van der Waals surface area (Å²) in [4.78, 5) is 8.92. The van der Waals surface area contributed by atoms with E-state index in [0.29, 0.717) is 17.1 Å². The molecule has 0 aliphatic rings. The average Bonchev–Trinajstić information content (AvgIpc) is 2.54. The van der Waals surface area contributed by atoms with Crippen molar-refractivity contribution in [3.8, 4) is 0 Å². The lowest BCUT2D eigenvalue weighted by Gasteiger charge is -2.17. The molecule has 24 heavy (non-hydrogen) atoms. The highest BCUT2D eigenvalue weighted by atomic mass is 16.4. The van der Waals surface area contributed by atoms with Crippen LogP contribution in [0.15, 0.2) is 42.5 Å². The zero-order chi connectivity index (χ0) is 17.3. The van der Waals surface area contributed by atoms with Gasteiger partial charge in [-0.15, -0.1) is 0 Å². The van der Waals surface area contributed by atoms with E-state index in [-0.39, 0.29) is 6.04 Å². The normalized spacial score (nSPS) is 12.2. The summed E-state index contributed by atoms with van der Waals surface area (Å²) >= 11 is 0. The Morgan fingerprint density at radius 1 is 1.04 bits per heavy atom. The lowest BCUT2D eigenvalue weighted by molar-refractivity contribution is 0.426. The molecule has 3 rings (SSSR count). The first-order valence-electron chi connectivity index (χ1n) is 7.91. The summed E-state index contributed by atoms with van der Waals surface area (Å²) in [6, 6.07) is 13.5. The number of nitrogens with one attached hydrogen (secondary N) is 1. The van der Waals surface area contributed by atoms with Crippen LogP contribution in [0.2, 0.25) is 0 Å². The molecule has 0 radical (unpaired) electrons. The zero-order valence-corrected chi connectivity index (χ0v) is 14.0. The molecule has 0 amide bonds. The third-order valence-electron chi connectivity index (χ3n) is 4.03. The second-order valence-corrected chi connectivity index (χ2v) is 6.05. The number of benzene rings is 2. The fraction of sp³-hybridized carbons (Fsp3) is 0.222. The van der Waals surface area contributed by atoms with Crippen molar-refractivity contribution in [3.05, 3.63) is 59.4 Å².